The average molecular weight is 251 g/mol. The third kappa shape index (κ3) is 2.11. The van der Waals surface area contributed by atoms with E-state index in [1.165, 1.54) is 20.3 Å². The van der Waals surface area contributed by atoms with Gasteiger partial charge in [-0.2, -0.15) is 0 Å². The van der Waals surface area contributed by atoms with Crippen LogP contribution in [-0.2, 0) is 0 Å². The van der Waals surface area contributed by atoms with E-state index >= 15 is 0 Å². The Balaban J connectivity index is 3.51. The second-order valence-corrected chi connectivity index (χ2v) is 3.38. The highest BCUT2D eigenvalue weighted by atomic mass is 35.5. The zero-order chi connectivity index (χ0) is 11.6. The van der Waals surface area contributed by atoms with E-state index in [0.717, 1.165) is 0 Å². The Labute approximate surface area is 96.3 Å². The normalized spacial score (nSPS) is 9.87. The Bertz CT molecular complexity index is 404. The molecule has 0 aliphatic rings. The predicted molar refractivity (Wildman–Crippen MR) is 56.5 cm³/mol. The number of methoxy groups -OCH3 is 2. The van der Waals surface area contributed by atoms with Crippen LogP contribution in [0.3, 0.4) is 0 Å². The highest BCUT2D eigenvalue weighted by Gasteiger charge is 2.20. The highest BCUT2D eigenvalue weighted by Crippen LogP contribution is 2.42. The van der Waals surface area contributed by atoms with Gasteiger partial charge in [0.1, 0.15) is 5.02 Å². The minimum Gasteiger partial charge on any atom is -0.491 e. The van der Waals surface area contributed by atoms with Crippen molar-refractivity contribution in [3.05, 3.63) is 21.7 Å². The second-order valence-electron chi connectivity index (χ2n) is 2.59. The second kappa shape index (κ2) is 4.59. The van der Waals surface area contributed by atoms with Crippen LogP contribution in [0.1, 0.15) is 10.4 Å². The van der Waals surface area contributed by atoms with E-state index in [0.29, 0.717) is 0 Å². The molecular weight excluding hydrogens is 243 g/mol. The first-order chi connectivity index (χ1) is 7.02. The average Bonchev–Trinajstić information content (AvgIpc) is 2.19. The fraction of sp³-hybridized carbons (Fsp3) is 0.222. The van der Waals surface area contributed by atoms with E-state index in [1.807, 2.05) is 0 Å². The zero-order valence-electron chi connectivity index (χ0n) is 8.01. The number of carbonyl (C=O) groups is 1. The molecule has 82 valence electrons. The largest absolute Gasteiger partial charge is 0.491 e. The molecule has 1 rings (SSSR count). The van der Waals surface area contributed by atoms with Gasteiger partial charge >= 0.3 is 5.97 Å². The standard InChI is InChI=1S/C9H8Cl2O4/c1-14-7-5(10)3-4(9(12)13)6(11)8(7)15-2/h3H,1-2H3,(H,12,13). The van der Waals surface area contributed by atoms with Crippen LogP contribution in [0.5, 0.6) is 11.5 Å². The summed E-state index contributed by atoms with van der Waals surface area (Å²) in [4.78, 5) is 10.8. The van der Waals surface area contributed by atoms with Crippen LogP contribution in [0.15, 0.2) is 6.07 Å². The molecule has 0 radical (unpaired) electrons. The van der Waals surface area contributed by atoms with Crippen molar-refractivity contribution in [1.82, 2.24) is 0 Å². The highest BCUT2D eigenvalue weighted by molar-refractivity contribution is 6.38. The fourth-order valence-electron chi connectivity index (χ4n) is 1.11. The molecule has 4 nitrogen and oxygen atoms in total. The molecule has 15 heavy (non-hydrogen) atoms. The van der Waals surface area contributed by atoms with Gasteiger partial charge in [0.15, 0.2) is 11.5 Å². The Morgan fingerprint density at radius 1 is 1.27 bits per heavy atom. The molecule has 0 saturated carbocycles. The maximum atomic E-state index is 10.8. The van der Waals surface area contributed by atoms with Gasteiger partial charge < -0.3 is 14.6 Å². The van der Waals surface area contributed by atoms with Gasteiger partial charge in [0.2, 0.25) is 0 Å². The summed E-state index contributed by atoms with van der Waals surface area (Å²) in [5, 5.41) is 8.93. The lowest BCUT2D eigenvalue weighted by Crippen LogP contribution is -2.01. The zero-order valence-corrected chi connectivity index (χ0v) is 9.52. The van der Waals surface area contributed by atoms with Crippen molar-refractivity contribution >= 4 is 29.2 Å². The van der Waals surface area contributed by atoms with E-state index in [2.05, 4.69) is 0 Å². The number of carboxylic acid groups (broad SMARTS) is 1. The number of carboxylic acids is 1. The SMILES string of the molecule is COc1c(Cl)cc(C(=O)O)c(Cl)c1OC. The fourth-order valence-corrected chi connectivity index (χ4v) is 1.68. The monoisotopic (exact) mass is 250 g/mol. The smallest absolute Gasteiger partial charge is 0.337 e. The lowest BCUT2D eigenvalue weighted by molar-refractivity contribution is 0.0696. The Hall–Kier alpha value is -1.13. The summed E-state index contributed by atoms with van der Waals surface area (Å²) in [7, 11) is 2.74. The molecule has 0 unspecified atom stereocenters. The van der Waals surface area contributed by atoms with Crippen molar-refractivity contribution in [2.45, 2.75) is 0 Å². The van der Waals surface area contributed by atoms with Crippen LogP contribution in [0.4, 0.5) is 0 Å². The summed E-state index contributed by atoms with van der Waals surface area (Å²) in [6.07, 6.45) is 0. The molecule has 0 bridgehead atoms. The number of ether oxygens (including phenoxy) is 2. The van der Waals surface area contributed by atoms with E-state index in [9.17, 15) is 4.79 Å². The maximum Gasteiger partial charge on any atom is 0.337 e. The molecule has 0 spiro atoms. The van der Waals surface area contributed by atoms with Crippen molar-refractivity contribution in [3.63, 3.8) is 0 Å². The number of rotatable bonds is 3. The summed E-state index contributed by atoms with van der Waals surface area (Å²) in [6.45, 7) is 0. The van der Waals surface area contributed by atoms with Crippen molar-refractivity contribution in [1.29, 1.82) is 0 Å². The molecule has 0 amide bonds. The summed E-state index contributed by atoms with van der Waals surface area (Å²) in [5.41, 5.74) is -0.126. The number of hydrogen-bond acceptors (Lipinski definition) is 3. The number of benzene rings is 1. The molecule has 1 aromatic carbocycles. The Morgan fingerprint density at radius 3 is 2.20 bits per heavy atom. The topological polar surface area (TPSA) is 55.8 Å². The third-order valence-corrected chi connectivity index (χ3v) is 2.42. The van der Waals surface area contributed by atoms with E-state index in [-0.39, 0.29) is 27.1 Å². The number of halogens is 2. The molecule has 0 heterocycles. The van der Waals surface area contributed by atoms with Crippen LogP contribution in [-0.4, -0.2) is 25.3 Å². The van der Waals surface area contributed by atoms with Gasteiger partial charge in [-0.3, -0.25) is 0 Å². The van der Waals surface area contributed by atoms with Gasteiger partial charge in [-0.15, -0.1) is 0 Å². The summed E-state index contributed by atoms with van der Waals surface area (Å²) >= 11 is 11.6. The van der Waals surface area contributed by atoms with Gasteiger partial charge in [0, 0.05) is 0 Å². The van der Waals surface area contributed by atoms with E-state index in [4.69, 9.17) is 37.8 Å². The number of hydrogen-bond donors (Lipinski definition) is 1. The lowest BCUT2D eigenvalue weighted by atomic mass is 10.2. The predicted octanol–water partition coefficient (Wildman–Crippen LogP) is 2.71. The van der Waals surface area contributed by atoms with Crippen molar-refractivity contribution in [3.8, 4) is 11.5 Å². The van der Waals surface area contributed by atoms with E-state index < -0.39 is 5.97 Å². The maximum absolute atomic E-state index is 10.8. The van der Waals surface area contributed by atoms with Crippen molar-refractivity contribution in [2.75, 3.05) is 14.2 Å². The molecule has 0 fully saturated rings. The van der Waals surface area contributed by atoms with E-state index in [1.54, 1.807) is 0 Å². The molecule has 0 aromatic heterocycles. The van der Waals surface area contributed by atoms with Crippen molar-refractivity contribution < 1.29 is 19.4 Å². The summed E-state index contributed by atoms with van der Waals surface area (Å²) in [6, 6.07) is 1.22. The molecule has 6 heteroatoms. The van der Waals surface area contributed by atoms with Crippen LogP contribution in [0.2, 0.25) is 10.0 Å². The minimum absolute atomic E-state index is 0.0359. The quantitative estimate of drug-likeness (QED) is 0.897. The van der Waals surface area contributed by atoms with Gasteiger partial charge in [0.25, 0.3) is 0 Å². The molecule has 0 aliphatic heterocycles. The van der Waals surface area contributed by atoms with Crippen LogP contribution in [0.25, 0.3) is 0 Å². The molecule has 0 aliphatic carbocycles. The lowest BCUT2D eigenvalue weighted by Gasteiger charge is -2.12. The van der Waals surface area contributed by atoms with Gasteiger partial charge in [-0.25, -0.2) is 4.79 Å². The van der Waals surface area contributed by atoms with Crippen molar-refractivity contribution in [2.24, 2.45) is 0 Å². The van der Waals surface area contributed by atoms with Crippen LogP contribution < -0.4 is 9.47 Å². The van der Waals surface area contributed by atoms with Crippen LogP contribution >= 0.6 is 23.2 Å². The van der Waals surface area contributed by atoms with Gasteiger partial charge in [-0.05, 0) is 6.07 Å². The van der Waals surface area contributed by atoms with Gasteiger partial charge in [-0.1, -0.05) is 23.2 Å². The van der Waals surface area contributed by atoms with Gasteiger partial charge in [0.05, 0.1) is 24.8 Å². The number of aromatic carboxylic acids is 1. The first-order valence-electron chi connectivity index (χ1n) is 3.86. The minimum atomic E-state index is -1.18. The Morgan fingerprint density at radius 2 is 1.80 bits per heavy atom. The first-order valence-corrected chi connectivity index (χ1v) is 4.61. The molecule has 1 aromatic rings. The summed E-state index contributed by atoms with van der Waals surface area (Å²) in [5.74, 6) is -0.846. The molecular formula is C9H8Cl2O4. The molecule has 1 N–H and O–H groups in total. The van der Waals surface area contributed by atoms with Crippen LogP contribution in [0, 0.1) is 0 Å². The Kier molecular flexibility index (Phi) is 3.66. The first kappa shape index (κ1) is 11.9. The summed E-state index contributed by atoms with van der Waals surface area (Å²) < 4.78 is 9.88. The molecule has 0 atom stereocenters. The third-order valence-electron chi connectivity index (χ3n) is 1.77. The molecule has 0 saturated heterocycles.